The normalized spacial score (nSPS) is 20.9. The second-order valence-electron chi connectivity index (χ2n) is 7.31. The maximum absolute atomic E-state index is 3.79. The molecule has 1 saturated heterocycles. The SMILES string of the molecule is CCCCCCC(C)NCC(C(C)C)N1CCN(C)CC1. The van der Waals surface area contributed by atoms with Crippen LogP contribution in [-0.4, -0.2) is 61.7 Å². The monoisotopic (exact) mass is 297 g/mol. The van der Waals surface area contributed by atoms with Crippen LogP contribution in [0.1, 0.15) is 59.8 Å². The zero-order chi connectivity index (χ0) is 15.7. The Balaban J connectivity index is 2.27. The molecule has 0 aromatic rings. The van der Waals surface area contributed by atoms with Crippen LogP contribution in [0.15, 0.2) is 0 Å². The lowest BCUT2D eigenvalue weighted by Crippen LogP contribution is -2.54. The van der Waals surface area contributed by atoms with Crippen molar-refractivity contribution in [2.24, 2.45) is 5.92 Å². The molecule has 0 radical (unpaired) electrons. The Morgan fingerprint density at radius 3 is 2.19 bits per heavy atom. The molecule has 0 bridgehead atoms. The van der Waals surface area contributed by atoms with Crippen molar-refractivity contribution < 1.29 is 0 Å². The molecule has 3 nitrogen and oxygen atoms in total. The Morgan fingerprint density at radius 1 is 0.952 bits per heavy atom. The fourth-order valence-corrected chi connectivity index (χ4v) is 3.24. The summed E-state index contributed by atoms with van der Waals surface area (Å²) in [5.74, 6) is 0.730. The number of unbranched alkanes of at least 4 members (excludes halogenated alkanes) is 3. The first-order valence-electron chi connectivity index (χ1n) is 9.20. The quantitative estimate of drug-likeness (QED) is 0.625. The Hall–Kier alpha value is -0.120. The van der Waals surface area contributed by atoms with Gasteiger partial charge in [-0.1, -0.05) is 46.5 Å². The number of nitrogens with one attached hydrogen (secondary N) is 1. The van der Waals surface area contributed by atoms with Gasteiger partial charge in [0.25, 0.3) is 0 Å². The molecule has 1 aliphatic rings. The van der Waals surface area contributed by atoms with E-state index in [9.17, 15) is 0 Å². The molecule has 0 spiro atoms. The van der Waals surface area contributed by atoms with Crippen molar-refractivity contribution in [3.63, 3.8) is 0 Å². The molecular weight excluding hydrogens is 258 g/mol. The van der Waals surface area contributed by atoms with Crippen molar-refractivity contribution in [2.45, 2.75) is 71.9 Å². The van der Waals surface area contributed by atoms with Gasteiger partial charge in [0.1, 0.15) is 0 Å². The highest BCUT2D eigenvalue weighted by molar-refractivity contribution is 4.82. The average molecular weight is 298 g/mol. The topological polar surface area (TPSA) is 18.5 Å². The third-order valence-corrected chi connectivity index (χ3v) is 4.94. The molecule has 126 valence electrons. The molecule has 1 aliphatic heterocycles. The third-order valence-electron chi connectivity index (χ3n) is 4.94. The summed E-state index contributed by atoms with van der Waals surface area (Å²) in [4.78, 5) is 5.14. The van der Waals surface area contributed by atoms with Gasteiger partial charge in [-0.25, -0.2) is 0 Å². The van der Waals surface area contributed by atoms with Gasteiger partial charge in [-0.15, -0.1) is 0 Å². The second kappa shape index (κ2) is 10.6. The van der Waals surface area contributed by atoms with Gasteiger partial charge in [-0.05, 0) is 26.3 Å². The zero-order valence-electron chi connectivity index (χ0n) is 15.2. The summed E-state index contributed by atoms with van der Waals surface area (Å²) in [5, 5.41) is 3.79. The molecule has 3 heteroatoms. The predicted molar refractivity (Wildman–Crippen MR) is 93.9 cm³/mol. The molecule has 1 heterocycles. The second-order valence-corrected chi connectivity index (χ2v) is 7.31. The van der Waals surface area contributed by atoms with E-state index in [1.807, 2.05) is 0 Å². The number of rotatable bonds is 10. The lowest BCUT2D eigenvalue weighted by Gasteiger charge is -2.40. The van der Waals surface area contributed by atoms with E-state index in [1.165, 1.54) is 58.3 Å². The Labute approximate surface area is 133 Å². The summed E-state index contributed by atoms with van der Waals surface area (Å²) in [5.41, 5.74) is 0. The van der Waals surface area contributed by atoms with Crippen LogP contribution in [0.3, 0.4) is 0 Å². The maximum Gasteiger partial charge on any atom is 0.0244 e. The predicted octanol–water partition coefficient (Wildman–Crippen LogP) is 3.21. The Morgan fingerprint density at radius 2 is 1.62 bits per heavy atom. The van der Waals surface area contributed by atoms with E-state index < -0.39 is 0 Å². The molecule has 0 amide bonds. The number of piperazine rings is 1. The van der Waals surface area contributed by atoms with Crippen molar-refractivity contribution >= 4 is 0 Å². The van der Waals surface area contributed by atoms with E-state index in [1.54, 1.807) is 0 Å². The fourth-order valence-electron chi connectivity index (χ4n) is 3.24. The van der Waals surface area contributed by atoms with Crippen LogP contribution in [0.5, 0.6) is 0 Å². The summed E-state index contributed by atoms with van der Waals surface area (Å²) in [6.45, 7) is 15.4. The average Bonchev–Trinajstić information content (AvgIpc) is 2.45. The molecule has 1 N–H and O–H groups in total. The maximum atomic E-state index is 3.79. The minimum absolute atomic E-state index is 0.663. The first-order chi connectivity index (χ1) is 10.0. The van der Waals surface area contributed by atoms with Crippen LogP contribution in [0.2, 0.25) is 0 Å². The lowest BCUT2D eigenvalue weighted by molar-refractivity contribution is 0.0861. The van der Waals surface area contributed by atoms with Crippen LogP contribution >= 0.6 is 0 Å². The lowest BCUT2D eigenvalue weighted by atomic mass is 10.0. The third kappa shape index (κ3) is 7.62. The molecule has 2 unspecified atom stereocenters. The van der Waals surface area contributed by atoms with E-state index in [-0.39, 0.29) is 0 Å². The van der Waals surface area contributed by atoms with Crippen LogP contribution in [-0.2, 0) is 0 Å². The van der Waals surface area contributed by atoms with Gasteiger partial charge in [0.05, 0.1) is 0 Å². The summed E-state index contributed by atoms with van der Waals surface area (Å²) in [6, 6.07) is 1.35. The first-order valence-corrected chi connectivity index (χ1v) is 9.20. The van der Waals surface area contributed by atoms with Crippen molar-refractivity contribution in [3.8, 4) is 0 Å². The number of nitrogens with zero attached hydrogens (tertiary/aromatic N) is 2. The van der Waals surface area contributed by atoms with Crippen LogP contribution in [0.25, 0.3) is 0 Å². The fraction of sp³-hybridized carbons (Fsp3) is 1.00. The van der Waals surface area contributed by atoms with E-state index in [0.29, 0.717) is 12.1 Å². The van der Waals surface area contributed by atoms with Crippen LogP contribution in [0, 0.1) is 5.92 Å². The molecule has 21 heavy (non-hydrogen) atoms. The van der Waals surface area contributed by atoms with Crippen molar-refractivity contribution in [1.82, 2.24) is 15.1 Å². The van der Waals surface area contributed by atoms with E-state index >= 15 is 0 Å². The van der Waals surface area contributed by atoms with Crippen LogP contribution < -0.4 is 5.32 Å². The highest BCUT2D eigenvalue weighted by Crippen LogP contribution is 2.13. The van der Waals surface area contributed by atoms with E-state index in [4.69, 9.17) is 0 Å². The largest absolute Gasteiger partial charge is 0.313 e. The van der Waals surface area contributed by atoms with Gasteiger partial charge >= 0.3 is 0 Å². The van der Waals surface area contributed by atoms with Crippen molar-refractivity contribution in [1.29, 1.82) is 0 Å². The molecular formula is C18H39N3. The molecule has 0 aromatic heterocycles. The molecule has 2 atom stereocenters. The number of likely N-dealkylation sites (N-methyl/N-ethyl adjacent to an activating group) is 1. The minimum atomic E-state index is 0.663. The summed E-state index contributed by atoms with van der Waals surface area (Å²) in [7, 11) is 2.23. The van der Waals surface area contributed by atoms with Gasteiger partial charge in [0, 0.05) is 44.8 Å². The van der Waals surface area contributed by atoms with Gasteiger partial charge in [-0.3, -0.25) is 4.90 Å². The summed E-state index contributed by atoms with van der Waals surface area (Å²) in [6.07, 6.45) is 6.83. The summed E-state index contributed by atoms with van der Waals surface area (Å²) >= 11 is 0. The molecule has 0 saturated carbocycles. The molecule has 1 fully saturated rings. The highest BCUT2D eigenvalue weighted by Gasteiger charge is 2.24. The smallest absolute Gasteiger partial charge is 0.0244 e. The molecule has 0 aromatic carbocycles. The minimum Gasteiger partial charge on any atom is -0.313 e. The number of hydrogen-bond acceptors (Lipinski definition) is 3. The van der Waals surface area contributed by atoms with Gasteiger partial charge in [0.15, 0.2) is 0 Å². The van der Waals surface area contributed by atoms with Crippen LogP contribution in [0.4, 0.5) is 0 Å². The number of hydrogen-bond donors (Lipinski definition) is 1. The molecule has 1 rings (SSSR count). The van der Waals surface area contributed by atoms with Gasteiger partial charge in [0.2, 0.25) is 0 Å². The molecule has 0 aliphatic carbocycles. The van der Waals surface area contributed by atoms with E-state index in [0.717, 1.165) is 12.5 Å². The van der Waals surface area contributed by atoms with Crippen molar-refractivity contribution in [2.75, 3.05) is 39.8 Å². The van der Waals surface area contributed by atoms with Gasteiger partial charge < -0.3 is 10.2 Å². The van der Waals surface area contributed by atoms with Crippen molar-refractivity contribution in [3.05, 3.63) is 0 Å². The standard InChI is InChI=1S/C18H39N3/c1-6-7-8-9-10-17(4)19-15-18(16(2)3)21-13-11-20(5)12-14-21/h16-19H,6-15H2,1-5H3. The van der Waals surface area contributed by atoms with E-state index in [2.05, 4.69) is 49.9 Å². The Kier molecular flexibility index (Phi) is 9.54. The highest BCUT2D eigenvalue weighted by atomic mass is 15.3. The zero-order valence-corrected chi connectivity index (χ0v) is 15.2. The Bertz CT molecular complexity index is 247. The summed E-state index contributed by atoms with van der Waals surface area (Å²) < 4.78 is 0. The van der Waals surface area contributed by atoms with Gasteiger partial charge in [-0.2, -0.15) is 0 Å². The first kappa shape index (κ1) is 18.9.